The van der Waals surface area contributed by atoms with Crippen LogP contribution in [0.4, 0.5) is 0 Å². The highest BCUT2D eigenvalue weighted by atomic mass is 16.3. The fraction of sp³-hybridized carbons (Fsp3) is 0.647. The molecule has 0 aliphatic heterocycles. The average Bonchev–Trinajstić information content (AvgIpc) is 2.45. The standard InChI is InChI=1S/C17H27NO2/c1-2-4-13(9-10-19)12-18-17-6-3-5-14-7-8-15(20)11-16(14)17/h7-8,11,13,17-20H,2-6,9-10,12H2,1H3. The Morgan fingerprint density at radius 3 is 2.95 bits per heavy atom. The van der Waals surface area contributed by atoms with Gasteiger partial charge in [0.25, 0.3) is 0 Å². The zero-order valence-corrected chi connectivity index (χ0v) is 12.4. The van der Waals surface area contributed by atoms with Crippen molar-refractivity contribution in [2.75, 3.05) is 13.2 Å². The average molecular weight is 277 g/mol. The van der Waals surface area contributed by atoms with Gasteiger partial charge in [0, 0.05) is 12.6 Å². The Morgan fingerprint density at radius 2 is 2.20 bits per heavy atom. The summed E-state index contributed by atoms with van der Waals surface area (Å²) in [5.41, 5.74) is 2.62. The first-order valence-corrected chi connectivity index (χ1v) is 7.90. The number of rotatable bonds is 7. The molecular formula is C17H27NO2. The van der Waals surface area contributed by atoms with Crippen molar-refractivity contribution >= 4 is 0 Å². The normalized spacial score (nSPS) is 19.6. The summed E-state index contributed by atoms with van der Waals surface area (Å²) >= 11 is 0. The molecule has 1 aliphatic carbocycles. The smallest absolute Gasteiger partial charge is 0.115 e. The first kappa shape index (κ1) is 15.3. The summed E-state index contributed by atoms with van der Waals surface area (Å²) in [7, 11) is 0. The van der Waals surface area contributed by atoms with Gasteiger partial charge < -0.3 is 15.5 Å². The molecule has 0 saturated heterocycles. The molecule has 0 spiro atoms. The van der Waals surface area contributed by atoms with Gasteiger partial charge in [-0.1, -0.05) is 19.4 Å². The van der Waals surface area contributed by atoms with Crippen LogP contribution in [0.25, 0.3) is 0 Å². The van der Waals surface area contributed by atoms with E-state index in [2.05, 4.69) is 18.3 Å². The Morgan fingerprint density at radius 1 is 1.35 bits per heavy atom. The van der Waals surface area contributed by atoms with Crippen LogP contribution in [0.1, 0.15) is 56.2 Å². The zero-order chi connectivity index (χ0) is 14.4. The third-order valence-corrected chi connectivity index (χ3v) is 4.33. The number of aryl methyl sites for hydroxylation is 1. The molecule has 1 aromatic rings. The highest BCUT2D eigenvalue weighted by Gasteiger charge is 2.21. The van der Waals surface area contributed by atoms with Crippen molar-refractivity contribution in [3.63, 3.8) is 0 Å². The number of phenolic OH excluding ortho intramolecular Hbond substituents is 1. The van der Waals surface area contributed by atoms with Crippen molar-refractivity contribution < 1.29 is 10.2 Å². The van der Waals surface area contributed by atoms with Gasteiger partial charge in [0.05, 0.1) is 0 Å². The summed E-state index contributed by atoms with van der Waals surface area (Å²) in [6.07, 6.45) is 6.65. The molecule has 3 heteroatoms. The van der Waals surface area contributed by atoms with Gasteiger partial charge in [-0.2, -0.15) is 0 Å². The third-order valence-electron chi connectivity index (χ3n) is 4.33. The molecule has 1 aromatic carbocycles. The van der Waals surface area contributed by atoms with Crippen molar-refractivity contribution in [2.45, 2.75) is 51.5 Å². The Labute approximate surface area is 122 Å². The van der Waals surface area contributed by atoms with Crippen molar-refractivity contribution in [2.24, 2.45) is 5.92 Å². The number of aliphatic hydroxyl groups is 1. The van der Waals surface area contributed by atoms with E-state index in [4.69, 9.17) is 5.11 Å². The van der Waals surface area contributed by atoms with E-state index in [1.54, 1.807) is 6.07 Å². The van der Waals surface area contributed by atoms with Crippen molar-refractivity contribution in [3.8, 4) is 5.75 Å². The van der Waals surface area contributed by atoms with Gasteiger partial charge in [0.1, 0.15) is 5.75 Å². The second kappa shape index (κ2) is 7.65. The van der Waals surface area contributed by atoms with E-state index in [0.717, 1.165) is 38.6 Å². The van der Waals surface area contributed by atoms with Crippen molar-refractivity contribution in [1.29, 1.82) is 0 Å². The lowest BCUT2D eigenvalue weighted by atomic mass is 9.87. The predicted molar refractivity (Wildman–Crippen MR) is 81.9 cm³/mol. The number of hydrogen-bond donors (Lipinski definition) is 3. The van der Waals surface area contributed by atoms with Gasteiger partial charge in [-0.05, 0) is 67.8 Å². The summed E-state index contributed by atoms with van der Waals surface area (Å²) in [6, 6.07) is 6.10. The third kappa shape index (κ3) is 3.97. The van der Waals surface area contributed by atoms with Crippen molar-refractivity contribution in [3.05, 3.63) is 29.3 Å². The number of phenols is 1. The van der Waals surface area contributed by atoms with Gasteiger partial charge in [-0.3, -0.25) is 0 Å². The maximum Gasteiger partial charge on any atom is 0.115 e. The molecule has 3 nitrogen and oxygen atoms in total. The van der Waals surface area contributed by atoms with E-state index in [9.17, 15) is 5.11 Å². The van der Waals surface area contributed by atoms with Crippen LogP contribution >= 0.6 is 0 Å². The van der Waals surface area contributed by atoms with E-state index in [1.807, 2.05) is 6.07 Å². The van der Waals surface area contributed by atoms with E-state index < -0.39 is 0 Å². The second-order valence-electron chi connectivity index (χ2n) is 5.90. The number of nitrogens with one attached hydrogen (secondary N) is 1. The number of aromatic hydroxyl groups is 1. The molecule has 0 bridgehead atoms. The lowest BCUT2D eigenvalue weighted by Crippen LogP contribution is -2.30. The molecule has 0 heterocycles. The fourth-order valence-electron chi connectivity index (χ4n) is 3.25. The van der Waals surface area contributed by atoms with E-state index >= 15 is 0 Å². The van der Waals surface area contributed by atoms with Crippen LogP contribution in [0.3, 0.4) is 0 Å². The van der Waals surface area contributed by atoms with Crippen LogP contribution in [-0.2, 0) is 6.42 Å². The zero-order valence-electron chi connectivity index (χ0n) is 12.4. The molecule has 20 heavy (non-hydrogen) atoms. The summed E-state index contributed by atoms with van der Waals surface area (Å²) in [5, 5.41) is 22.5. The fourth-order valence-corrected chi connectivity index (χ4v) is 3.25. The molecule has 112 valence electrons. The molecule has 1 aliphatic rings. The molecule has 3 N–H and O–H groups in total. The van der Waals surface area contributed by atoms with Gasteiger partial charge >= 0.3 is 0 Å². The highest BCUT2D eigenvalue weighted by molar-refractivity contribution is 5.38. The summed E-state index contributed by atoms with van der Waals surface area (Å²) in [6.45, 7) is 3.42. The minimum absolute atomic E-state index is 0.272. The monoisotopic (exact) mass is 277 g/mol. The number of benzene rings is 1. The maximum atomic E-state index is 9.69. The Balaban J connectivity index is 1.98. The number of fused-ring (bicyclic) bond motifs is 1. The maximum absolute atomic E-state index is 9.69. The van der Waals surface area contributed by atoms with Crippen LogP contribution in [0.15, 0.2) is 18.2 Å². The minimum Gasteiger partial charge on any atom is -0.508 e. The Kier molecular flexibility index (Phi) is 5.86. The Bertz CT molecular complexity index is 413. The lowest BCUT2D eigenvalue weighted by molar-refractivity contribution is 0.243. The summed E-state index contributed by atoms with van der Waals surface area (Å²) in [4.78, 5) is 0. The summed E-state index contributed by atoms with van der Waals surface area (Å²) < 4.78 is 0. The van der Waals surface area contributed by atoms with Crippen LogP contribution in [0.2, 0.25) is 0 Å². The van der Waals surface area contributed by atoms with Crippen LogP contribution < -0.4 is 5.32 Å². The highest BCUT2D eigenvalue weighted by Crippen LogP contribution is 2.32. The molecule has 0 amide bonds. The summed E-state index contributed by atoms with van der Waals surface area (Å²) in [5.74, 6) is 0.908. The van der Waals surface area contributed by atoms with E-state index in [-0.39, 0.29) is 6.61 Å². The lowest BCUT2D eigenvalue weighted by Gasteiger charge is -2.28. The van der Waals surface area contributed by atoms with Crippen LogP contribution in [0, 0.1) is 5.92 Å². The van der Waals surface area contributed by atoms with Gasteiger partial charge in [-0.25, -0.2) is 0 Å². The van der Waals surface area contributed by atoms with Gasteiger partial charge in [-0.15, -0.1) is 0 Å². The molecule has 2 atom stereocenters. The van der Waals surface area contributed by atoms with Gasteiger partial charge in [0.15, 0.2) is 0 Å². The molecule has 0 saturated carbocycles. The molecule has 2 unspecified atom stereocenters. The van der Waals surface area contributed by atoms with Gasteiger partial charge in [0.2, 0.25) is 0 Å². The second-order valence-corrected chi connectivity index (χ2v) is 5.90. The number of hydrogen-bond acceptors (Lipinski definition) is 3. The quantitative estimate of drug-likeness (QED) is 0.717. The molecular weight excluding hydrogens is 250 g/mol. The molecule has 0 fully saturated rings. The van der Waals surface area contributed by atoms with E-state index in [1.165, 1.54) is 17.5 Å². The molecule has 0 radical (unpaired) electrons. The largest absolute Gasteiger partial charge is 0.508 e. The Hall–Kier alpha value is -1.06. The first-order chi connectivity index (χ1) is 9.74. The first-order valence-electron chi connectivity index (χ1n) is 7.90. The minimum atomic E-state index is 0.272. The van der Waals surface area contributed by atoms with Crippen LogP contribution in [-0.4, -0.2) is 23.4 Å². The molecule has 2 rings (SSSR count). The van der Waals surface area contributed by atoms with Crippen LogP contribution in [0.5, 0.6) is 5.75 Å². The topological polar surface area (TPSA) is 52.5 Å². The van der Waals surface area contributed by atoms with Crippen molar-refractivity contribution in [1.82, 2.24) is 5.32 Å². The number of aliphatic hydroxyl groups excluding tert-OH is 1. The molecule has 0 aromatic heterocycles. The SMILES string of the molecule is CCCC(CCO)CNC1CCCc2ccc(O)cc21. The van der Waals surface area contributed by atoms with E-state index in [0.29, 0.717) is 17.7 Å². The predicted octanol–water partition coefficient (Wildman–Crippen LogP) is 3.16.